The molecule has 0 saturated heterocycles. The zero-order valence-corrected chi connectivity index (χ0v) is 9.86. The first-order valence-electron chi connectivity index (χ1n) is 5.52. The predicted octanol–water partition coefficient (Wildman–Crippen LogP) is 2.51. The summed E-state index contributed by atoms with van der Waals surface area (Å²) in [7, 11) is 1.78. The van der Waals surface area contributed by atoms with Gasteiger partial charge in [0.05, 0.1) is 11.8 Å². The lowest BCUT2D eigenvalue weighted by Crippen LogP contribution is -2.05. The average molecular weight is 250 g/mol. The molecule has 0 amide bonds. The number of carbonyl (C=O) groups excluding carboxylic acids is 1. The SMILES string of the molecule is Cn1cc(CCC(=O)c2cccc(F)c2F)cn1. The van der Waals surface area contributed by atoms with Gasteiger partial charge in [0.25, 0.3) is 0 Å². The number of ketones is 1. The van der Waals surface area contributed by atoms with Crippen molar-refractivity contribution >= 4 is 5.78 Å². The fourth-order valence-corrected chi connectivity index (χ4v) is 1.71. The number of hydrogen-bond donors (Lipinski definition) is 0. The quantitative estimate of drug-likeness (QED) is 0.781. The number of hydrogen-bond acceptors (Lipinski definition) is 2. The van der Waals surface area contributed by atoms with Crippen molar-refractivity contribution in [2.75, 3.05) is 0 Å². The normalized spacial score (nSPS) is 10.6. The largest absolute Gasteiger partial charge is 0.294 e. The van der Waals surface area contributed by atoms with Crippen molar-refractivity contribution < 1.29 is 13.6 Å². The van der Waals surface area contributed by atoms with E-state index in [0.29, 0.717) is 6.42 Å². The summed E-state index contributed by atoms with van der Waals surface area (Å²) in [5, 5.41) is 3.97. The molecule has 0 saturated carbocycles. The molecule has 0 aliphatic heterocycles. The lowest BCUT2D eigenvalue weighted by atomic mass is 10.0. The predicted molar refractivity (Wildman–Crippen MR) is 62.2 cm³/mol. The van der Waals surface area contributed by atoms with Crippen LogP contribution in [0.4, 0.5) is 8.78 Å². The maximum atomic E-state index is 13.4. The molecule has 0 fully saturated rings. The molecule has 18 heavy (non-hydrogen) atoms. The van der Waals surface area contributed by atoms with Crippen molar-refractivity contribution in [3.63, 3.8) is 0 Å². The summed E-state index contributed by atoms with van der Waals surface area (Å²) in [6.45, 7) is 0. The summed E-state index contributed by atoms with van der Waals surface area (Å²) in [5.41, 5.74) is 0.696. The highest BCUT2D eigenvalue weighted by Crippen LogP contribution is 2.14. The smallest absolute Gasteiger partial charge is 0.169 e. The van der Waals surface area contributed by atoms with Crippen molar-refractivity contribution in [2.45, 2.75) is 12.8 Å². The van der Waals surface area contributed by atoms with Crippen LogP contribution in [0.25, 0.3) is 0 Å². The Kier molecular flexibility index (Phi) is 3.50. The van der Waals surface area contributed by atoms with Crippen LogP contribution in [-0.4, -0.2) is 15.6 Å². The third-order valence-electron chi connectivity index (χ3n) is 2.65. The van der Waals surface area contributed by atoms with Gasteiger partial charge < -0.3 is 0 Å². The van der Waals surface area contributed by atoms with Gasteiger partial charge in [0.15, 0.2) is 17.4 Å². The monoisotopic (exact) mass is 250 g/mol. The average Bonchev–Trinajstić information content (AvgIpc) is 2.76. The Morgan fingerprint density at radius 1 is 1.39 bits per heavy atom. The molecule has 2 rings (SSSR count). The number of Topliss-reactive ketones (excluding diaryl/α,β-unsaturated/α-hetero) is 1. The number of benzene rings is 1. The van der Waals surface area contributed by atoms with E-state index in [9.17, 15) is 13.6 Å². The summed E-state index contributed by atoms with van der Waals surface area (Å²) in [5.74, 6) is -2.48. The minimum atomic E-state index is -1.08. The van der Waals surface area contributed by atoms with Crippen LogP contribution in [0.15, 0.2) is 30.6 Å². The van der Waals surface area contributed by atoms with E-state index in [4.69, 9.17) is 0 Å². The molecule has 0 atom stereocenters. The molecule has 1 heterocycles. The Hall–Kier alpha value is -2.04. The summed E-state index contributed by atoms with van der Waals surface area (Å²) >= 11 is 0. The van der Waals surface area contributed by atoms with E-state index in [1.807, 2.05) is 0 Å². The second kappa shape index (κ2) is 5.08. The minimum absolute atomic E-state index is 0.131. The second-order valence-corrected chi connectivity index (χ2v) is 4.05. The van der Waals surface area contributed by atoms with Crippen LogP contribution in [0.5, 0.6) is 0 Å². The highest BCUT2D eigenvalue weighted by molar-refractivity contribution is 5.96. The number of nitrogens with zero attached hydrogens (tertiary/aromatic N) is 2. The van der Waals surface area contributed by atoms with E-state index in [0.717, 1.165) is 11.6 Å². The van der Waals surface area contributed by atoms with Crippen molar-refractivity contribution in [1.29, 1.82) is 0 Å². The van der Waals surface area contributed by atoms with Gasteiger partial charge in [-0.25, -0.2) is 8.78 Å². The van der Waals surface area contributed by atoms with Gasteiger partial charge in [-0.3, -0.25) is 9.48 Å². The lowest BCUT2D eigenvalue weighted by Gasteiger charge is -2.02. The van der Waals surface area contributed by atoms with E-state index in [-0.39, 0.29) is 12.0 Å². The first-order chi connectivity index (χ1) is 8.58. The first kappa shape index (κ1) is 12.4. The van der Waals surface area contributed by atoms with Crippen LogP contribution in [-0.2, 0) is 13.5 Å². The summed E-state index contributed by atoms with van der Waals surface area (Å²) in [6.07, 6.45) is 4.03. The maximum Gasteiger partial charge on any atom is 0.169 e. The van der Waals surface area contributed by atoms with E-state index in [1.165, 1.54) is 12.1 Å². The molecule has 0 radical (unpaired) electrons. The van der Waals surface area contributed by atoms with Crippen LogP contribution in [0, 0.1) is 11.6 Å². The van der Waals surface area contributed by atoms with Crippen LogP contribution < -0.4 is 0 Å². The fraction of sp³-hybridized carbons (Fsp3) is 0.231. The van der Waals surface area contributed by atoms with Crippen LogP contribution in [0.2, 0.25) is 0 Å². The molecule has 3 nitrogen and oxygen atoms in total. The third-order valence-corrected chi connectivity index (χ3v) is 2.65. The number of rotatable bonds is 4. The van der Waals surface area contributed by atoms with Gasteiger partial charge >= 0.3 is 0 Å². The Morgan fingerprint density at radius 3 is 2.83 bits per heavy atom. The Bertz CT molecular complexity index is 578. The van der Waals surface area contributed by atoms with Gasteiger partial charge in [-0.15, -0.1) is 0 Å². The van der Waals surface area contributed by atoms with Gasteiger partial charge in [0.2, 0.25) is 0 Å². The number of aromatic nitrogens is 2. The minimum Gasteiger partial charge on any atom is -0.294 e. The van der Waals surface area contributed by atoms with E-state index < -0.39 is 17.4 Å². The van der Waals surface area contributed by atoms with Crippen LogP contribution in [0.3, 0.4) is 0 Å². The molecule has 94 valence electrons. The van der Waals surface area contributed by atoms with Crippen molar-refractivity contribution in [2.24, 2.45) is 7.05 Å². The standard InChI is InChI=1S/C13H12F2N2O/c1-17-8-9(7-16-17)5-6-12(18)10-3-2-4-11(14)13(10)15/h2-4,7-8H,5-6H2,1H3. The van der Waals surface area contributed by atoms with Crippen molar-refractivity contribution in [3.05, 3.63) is 53.4 Å². The van der Waals surface area contributed by atoms with E-state index in [2.05, 4.69) is 5.10 Å². The molecule has 1 aromatic carbocycles. The summed E-state index contributed by atoms with van der Waals surface area (Å²) in [4.78, 5) is 11.8. The summed E-state index contributed by atoms with van der Waals surface area (Å²) in [6, 6.07) is 3.62. The molecule has 0 aliphatic carbocycles. The molecular weight excluding hydrogens is 238 g/mol. The lowest BCUT2D eigenvalue weighted by molar-refractivity contribution is 0.0978. The van der Waals surface area contributed by atoms with E-state index >= 15 is 0 Å². The number of aryl methyl sites for hydroxylation is 2. The van der Waals surface area contributed by atoms with Crippen molar-refractivity contribution in [3.8, 4) is 0 Å². The fourth-order valence-electron chi connectivity index (χ4n) is 1.71. The van der Waals surface area contributed by atoms with Crippen molar-refractivity contribution in [1.82, 2.24) is 9.78 Å². The van der Waals surface area contributed by atoms with Gasteiger partial charge in [-0.1, -0.05) is 6.07 Å². The van der Waals surface area contributed by atoms with Gasteiger partial charge in [-0.2, -0.15) is 5.10 Å². The molecule has 0 aliphatic rings. The molecule has 1 aromatic heterocycles. The highest BCUT2D eigenvalue weighted by Gasteiger charge is 2.14. The molecule has 0 bridgehead atoms. The molecule has 0 spiro atoms. The second-order valence-electron chi connectivity index (χ2n) is 4.05. The topological polar surface area (TPSA) is 34.9 Å². The molecular formula is C13H12F2N2O. The number of halogens is 2. The Morgan fingerprint density at radius 2 is 2.17 bits per heavy atom. The third kappa shape index (κ3) is 2.61. The van der Waals surface area contributed by atoms with Gasteiger partial charge in [-0.05, 0) is 24.1 Å². The molecule has 2 aromatic rings. The summed E-state index contributed by atoms with van der Waals surface area (Å²) < 4.78 is 28.0. The zero-order chi connectivity index (χ0) is 13.1. The Labute approximate surface area is 103 Å². The molecule has 0 N–H and O–H groups in total. The van der Waals surface area contributed by atoms with Crippen LogP contribution in [0.1, 0.15) is 22.3 Å². The van der Waals surface area contributed by atoms with Crippen LogP contribution >= 0.6 is 0 Å². The number of carbonyl (C=O) groups is 1. The first-order valence-corrected chi connectivity index (χ1v) is 5.52. The van der Waals surface area contributed by atoms with E-state index in [1.54, 1.807) is 24.1 Å². The highest BCUT2D eigenvalue weighted by atomic mass is 19.2. The zero-order valence-electron chi connectivity index (χ0n) is 9.86. The maximum absolute atomic E-state index is 13.4. The van der Waals surface area contributed by atoms with Gasteiger partial charge in [0, 0.05) is 19.7 Å². The Balaban J connectivity index is 2.06. The molecule has 0 unspecified atom stereocenters. The molecule has 5 heteroatoms. The van der Waals surface area contributed by atoms with Gasteiger partial charge in [0.1, 0.15) is 0 Å².